The lowest BCUT2D eigenvalue weighted by Crippen LogP contribution is -2.34. The molecule has 0 saturated carbocycles. The van der Waals surface area contributed by atoms with E-state index in [0.29, 0.717) is 18.7 Å². The van der Waals surface area contributed by atoms with E-state index in [1.165, 1.54) is 0 Å². The number of carbonyl (C=O) groups excluding carboxylic acids is 1. The molecule has 1 rings (SSSR count). The summed E-state index contributed by atoms with van der Waals surface area (Å²) in [6.07, 6.45) is 0.809. The highest BCUT2D eigenvalue weighted by Gasteiger charge is 2.37. The third-order valence-electron chi connectivity index (χ3n) is 3.67. The molecule has 0 fully saturated rings. The van der Waals surface area contributed by atoms with Gasteiger partial charge in [0, 0.05) is 12.1 Å². The number of hydrogen-bond acceptors (Lipinski definition) is 3. The number of anilines is 1. The van der Waals surface area contributed by atoms with Gasteiger partial charge >= 0.3 is 5.97 Å². The first-order chi connectivity index (χ1) is 9.32. The van der Waals surface area contributed by atoms with Gasteiger partial charge in [0.2, 0.25) is 5.91 Å². The second-order valence-electron chi connectivity index (χ2n) is 5.19. The predicted octanol–water partition coefficient (Wildman–Crippen LogP) is 2.92. The summed E-state index contributed by atoms with van der Waals surface area (Å²) < 4.78 is 0. The summed E-state index contributed by atoms with van der Waals surface area (Å²) in [6.45, 7) is 7.35. The molecule has 5 nitrogen and oxygen atoms in total. The Kier molecular flexibility index (Phi) is 5.25. The fraction of sp³-hybridized carbons (Fsp3) is 0.533. The molecule has 1 heterocycles. The molecule has 0 aliphatic heterocycles. The second kappa shape index (κ2) is 6.50. The molecular weight excluding hydrogens is 256 g/mol. The van der Waals surface area contributed by atoms with Crippen molar-refractivity contribution in [2.75, 3.05) is 5.32 Å². The topological polar surface area (TPSA) is 79.3 Å². The Labute approximate surface area is 119 Å². The fourth-order valence-electron chi connectivity index (χ4n) is 2.28. The highest BCUT2D eigenvalue weighted by atomic mass is 16.4. The van der Waals surface area contributed by atoms with E-state index < -0.39 is 11.4 Å². The zero-order chi connectivity index (χ0) is 15.3. The van der Waals surface area contributed by atoms with Crippen LogP contribution in [-0.4, -0.2) is 22.0 Å². The smallest absolute Gasteiger partial charge is 0.310 e. The van der Waals surface area contributed by atoms with Crippen molar-refractivity contribution in [2.24, 2.45) is 5.41 Å². The number of carbonyl (C=O) groups is 2. The highest BCUT2D eigenvalue weighted by Crippen LogP contribution is 2.31. The van der Waals surface area contributed by atoms with Crippen LogP contribution in [0, 0.1) is 19.3 Å². The van der Waals surface area contributed by atoms with E-state index in [2.05, 4.69) is 10.3 Å². The van der Waals surface area contributed by atoms with Crippen LogP contribution in [0.4, 0.5) is 5.82 Å². The molecule has 1 aromatic rings. The molecule has 0 aliphatic rings. The van der Waals surface area contributed by atoms with Gasteiger partial charge in [-0.3, -0.25) is 9.59 Å². The van der Waals surface area contributed by atoms with Gasteiger partial charge in [0.1, 0.15) is 5.82 Å². The summed E-state index contributed by atoms with van der Waals surface area (Å²) in [5.74, 6) is -0.765. The lowest BCUT2D eigenvalue weighted by Gasteiger charge is -2.25. The molecule has 0 aromatic carbocycles. The number of pyridine rings is 1. The third kappa shape index (κ3) is 3.79. The summed E-state index contributed by atoms with van der Waals surface area (Å²) >= 11 is 0. The largest absolute Gasteiger partial charge is 0.481 e. The van der Waals surface area contributed by atoms with Gasteiger partial charge < -0.3 is 10.4 Å². The zero-order valence-electron chi connectivity index (χ0n) is 12.5. The molecule has 110 valence electrons. The normalized spacial score (nSPS) is 11.2. The van der Waals surface area contributed by atoms with Crippen LogP contribution in [0.2, 0.25) is 0 Å². The van der Waals surface area contributed by atoms with Gasteiger partial charge in [0.25, 0.3) is 0 Å². The van der Waals surface area contributed by atoms with Crippen LogP contribution in [0.25, 0.3) is 0 Å². The Bertz CT molecular complexity index is 488. The Balaban J connectivity index is 2.83. The summed E-state index contributed by atoms with van der Waals surface area (Å²) in [7, 11) is 0. The van der Waals surface area contributed by atoms with Crippen LogP contribution in [-0.2, 0) is 9.59 Å². The van der Waals surface area contributed by atoms with E-state index in [-0.39, 0.29) is 12.3 Å². The van der Waals surface area contributed by atoms with Gasteiger partial charge in [-0.1, -0.05) is 13.8 Å². The van der Waals surface area contributed by atoms with E-state index in [4.69, 9.17) is 0 Å². The van der Waals surface area contributed by atoms with Crippen molar-refractivity contribution in [3.05, 3.63) is 23.4 Å². The maximum Gasteiger partial charge on any atom is 0.310 e. The number of aliphatic carboxylic acids is 1. The van der Waals surface area contributed by atoms with Crippen LogP contribution < -0.4 is 5.32 Å². The molecule has 20 heavy (non-hydrogen) atoms. The SMILES string of the molecule is CCC(CC)(CC(=O)Nc1cc(C)cc(C)n1)C(=O)O. The lowest BCUT2D eigenvalue weighted by molar-refractivity contribution is -0.151. The standard InChI is InChI=1S/C15H22N2O3/c1-5-15(6-2,14(19)20)9-13(18)17-12-8-10(3)7-11(4)16-12/h7-8H,5-6,9H2,1-4H3,(H,19,20)(H,16,17,18). The van der Waals surface area contributed by atoms with Crippen molar-refractivity contribution in [1.29, 1.82) is 0 Å². The van der Waals surface area contributed by atoms with Crippen LogP contribution in [0.3, 0.4) is 0 Å². The number of nitrogens with one attached hydrogen (secondary N) is 1. The van der Waals surface area contributed by atoms with Crippen molar-refractivity contribution in [2.45, 2.75) is 47.0 Å². The number of carboxylic acids is 1. The van der Waals surface area contributed by atoms with E-state index in [0.717, 1.165) is 11.3 Å². The summed E-state index contributed by atoms with van der Waals surface area (Å²) in [6, 6.07) is 3.68. The van der Waals surface area contributed by atoms with Crippen LogP contribution in [0.5, 0.6) is 0 Å². The number of nitrogens with zero attached hydrogens (tertiary/aromatic N) is 1. The van der Waals surface area contributed by atoms with Gasteiger partial charge in [-0.05, 0) is 44.4 Å². The van der Waals surface area contributed by atoms with Gasteiger partial charge in [0.15, 0.2) is 0 Å². The summed E-state index contributed by atoms with van der Waals surface area (Å²) in [5, 5.41) is 12.0. The molecule has 0 atom stereocenters. The number of rotatable bonds is 6. The van der Waals surface area contributed by atoms with Crippen molar-refractivity contribution < 1.29 is 14.7 Å². The minimum absolute atomic E-state index is 0.0377. The molecule has 2 N–H and O–H groups in total. The summed E-state index contributed by atoms with van der Waals surface area (Å²) in [4.78, 5) is 27.7. The van der Waals surface area contributed by atoms with E-state index in [1.807, 2.05) is 19.9 Å². The highest BCUT2D eigenvalue weighted by molar-refractivity contribution is 5.93. The number of aryl methyl sites for hydroxylation is 2. The van der Waals surface area contributed by atoms with Gasteiger partial charge in [-0.2, -0.15) is 0 Å². The maximum absolute atomic E-state index is 12.1. The first-order valence-corrected chi connectivity index (χ1v) is 6.81. The van der Waals surface area contributed by atoms with Crippen molar-refractivity contribution in [3.8, 4) is 0 Å². The third-order valence-corrected chi connectivity index (χ3v) is 3.67. The average molecular weight is 278 g/mol. The van der Waals surface area contributed by atoms with E-state index in [9.17, 15) is 14.7 Å². The lowest BCUT2D eigenvalue weighted by atomic mass is 9.79. The second-order valence-corrected chi connectivity index (χ2v) is 5.19. The predicted molar refractivity (Wildman–Crippen MR) is 77.6 cm³/mol. The Morgan fingerprint density at radius 2 is 1.85 bits per heavy atom. The van der Waals surface area contributed by atoms with E-state index >= 15 is 0 Å². The Hall–Kier alpha value is -1.91. The molecule has 0 radical (unpaired) electrons. The molecule has 0 bridgehead atoms. The molecule has 0 aliphatic carbocycles. The Morgan fingerprint density at radius 1 is 1.25 bits per heavy atom. The number of amides is 1. The molecular formula is C15H22N2O3. The number of aromatic nitrogens is 1. The van der Waals surface area contributed by atoms with E-state index in [1.54, 1.807) is 19.9 Å². The molecule has 0 saturated heterocycles. The minimum atomic E-state index is -0.997. The molecule has 1 aromatic heterocycles. The van der Waals surface area contributed by atoms with Crippen LogP contribution in [0.1, 0.15) is 44.4 Å². The monoisotopic (exact) mass is 278 g/mol. The van der Waals surface area contributed by atoms with Crippen LogP contribution >= 0.6 is 0 Å². The molecule has 1 amide bonds. The Morgan fingerprint density at radius 3 is 2.30 bits per heavy atom. The zero-order valence-corrected chi connectivity index (χ0v) is 12.5. The van der Waals surface area contributed by atoms with Crippen molar-refractivity contribution in [1.82, 2.24) is 4.98 Å². The quantitative estimate of drug-likeness (QED) is 0.838. The number of carboxylic acid groups (broad SMARTS) is 1. The molecule has 5 heteroatoms. The van der Waals surface area contributed by atoms with Gasteiger partial charge in [-0.15, -0.1) is 0 Å². The minimum Gasteiger partial charge on any atom is -0.481 e. The summed E-state index contributed by atoms with van der Waals surface area (Å²) in [5.41, 5.74) is 0.822. The van der Waals surface area contributed by atoms with Gasteiger partial charge in [0.05, 0.1) is 5.41 Å². The molecule has 0 unspecified atom stereocenters. The number of hydrogen-bond donors (Lipinski definition) is 2. The molecule has 0 spiro atoms. The van der Waals surface area contributed by atoms with Gasteiger partial charge in [-0.25, -0.2) is 4.98 Å². The van der Waals surface area contributed by atoms with Crippen LogP contribution in [0.15, 0.2) is 12.1 Å². The maximum atomic E-state index is 12.1. The van der Waals surface area contributed by atoms with Crippen molar-refractivity contribution >= 4 is 17.7 Å². The fourth-order valence-corrected chi connectivity index (χ4v) is 2.28. The van der Waals surface area contributed by atoms with Crippen molar-refractivity contribution in [3.63, 3.8) is 0 Å². The first-order valence-electron chi connectivity index (χ1n) is 6.81. The average Bonchev–Trinajstić information content (AvgIpc) is 2.34. The first kappa shape index (κ1) is 16.1.